The lowest BCUT2D eigenvalue weighted by atomic mass is 10.2. The van der Waals surface area contributed by atoms with Crippen LogP contribution in [0, 0.1) is 0 Å². The van der Waals surface area contributed by atoms with Gasteiger partial charge in [-0.3, -0.25) is 0 Å². The summed E-state index contributed by atoms with van der Waals surface area (Å²) in [6.07, 6.45) is 4.60. The predicted octanol–water partition coefficient (Wildman–Crippen LogP) is 3.39. The number of nitrogens with one attached hydrogen (secondary N) is 1. The number of furan rings is 1. The fourth-order valence-electron chi connectivity index (χ4n) is 3.78. The number of fused-ring (bicyclic) bond motifs is 3. The van der Waals surface area contributed by atoms with Gasteiger partial charge in [-0.15, -0.1) is 5.10 Å². The monoisotopic (exact) mass is 375 g/mol. The van der Waals surface area contributed by atoms with Gasteiger partial charge in [0.25, 0.3) is 5.78 Å². The van der Waals surface area contributed by atoms with E-state index in [1.165, 1.54) is 5.56 Å². The van der Waals surface area contributed by atoms with Crippen molar-refractivity contribution in [3.05, 3.63) is 47.9 Å². The SMILES string of the molecule is c1coc(-c2nc3nc4c(c(Nc5ccc6c(c5)OCCO6)n3n2)CCC4)c1. The zero-order chi connectivity index (χ0) is 18.5. The van der Waals surface area contributed by atoms with Crippen LogP contribution in [0.2, 0.25) is 0 Å². The quantitative estimate of drug-likeness (QED) is 0.587. The van der Waals surface area contributed by atoms with E-state index in [4.69, 9.17) is 18.9 Å². The van der Waals surface area contributed by atoms with Gasteiger partial charge >= 0.3 is 0 Å². The van der Waals surface area contributed by atoms with Gasteiger partial charge in [0.2, 0.25) is 5.82 Å². The highest BCUT2D eigenvalue weighted by Crippen LogP contribution is 2.36. The molecule has 1 N–H and O–H groups in total. The molecule has 0 fully saturated rings. The first-order valence-corrected chi connectivity index (χ1v) is 9.34. The fraction of sp³-hybridized carbons (Fsp3) is 0.250. The van der Waals surface area contributed by atoms with Crippen molar-refractivity contribution in [3.63, 3.8) is 0 Å². The summed E-state index contributed by atoms with van der Waals surface area (Å²) < 4.78 is 18.5. The summed E-state index contributed by atoms with van der Waals surface area (Å²) in [6, 6.07) is 9.52. The van der Waals surface area contributed by atoms with E-state index in [0.29, 0.717) is 30.6 Å². The first-order chi connectivity index (χ1) is 13.8. The summed E-state index contributed by atoms with van der Waals surface area (Å²) in [5, 5.41) is 8.16. The third-order valence-corrected chi connectivity index (χ3v) is 5.06. The molecule has 4 aromatic rings. The van der Waals surface area contributed by atoms with Crippen molar-refractivity contribution in [2.75, 3.05) is 18.5 Å². The standard InChI is InChI=1S/C20H17N5O3/c1-3-13-14(4-1)22-20-23-18(16-5-2-8-26-16)24-25(20)19(13)21-12-6-7-15-17(11-12)28-10-9-27-15/h2,5-8,11,21H,1,3-4,9-10H2. The Bertz CT molecular complexity index is 1180. The largest absolute Gasteiger partial charge is 0.486 e. The van der Waals surface area contributed by atoms with E-state index in [9.17, 15) is 0 Å². The van der Waals surface area contributed by atoms with Crippen molar-refractivity contribution in [1.82, 2.24) is 19.6 Å². The van der Waals surface area contributed by atoms with Gasteiger partial charge in [0.1, 0.15) is 19.0 Å². The highest BCUT2D eigenvalue weighted by molar-refractivity contribution is 5.67. The van der Waals surface area contributed by atoms with Crippen molar-refractivity contribution in [2.45, 2.75) is 19.3 Å². The molecule has 0 spiro atoms. The molecule has 8 heteroatoms. The smallest absolute Gasteiger partial charge is 0.255 e. The van der Waals surface area contributed by atoms with Gasteiger partial charge in [-0.1, -0.05) is 0 Å². The van der Waals surface area contributed by atoms with Gasteiger partial charge in [-0.25, -0.2) is 4.98 Å². The van der Waals surface area contributed by atoms with Crippen molar-refractivity contribution in [1.29, 1.82) is 0 Å². The minimum atomic E-state index is 0.520. The van der Waals surface area contributed by atoms with Gasteiger partial charge in [-0.05, 0) is 43.5 Å². The molecular weight excluding hydrogens is 358 g/mol. The molecule has 0 bridgehead atoms. The molecule has 140 valence electrons. The van der Waals surface area contributed by atoms with E-state index >= 15 is 0 Å². The van der Waals surface area contributed by atoms with Crippen LogP contribution in [0.1, 0.15) is 17.7 Å². The maximum Gasteiger partial charge on any atom is 0.255 e. The molecule has 28 heavy (non-hydrogen) atoms. The maximum atomic E-state index is 5.71. The number of aromatic nitrogens is 4. The van der Waals surface area contributed by atoms with Crippen LogP contribution >= 0.6 is 0 Å². The third-order valence-electron chi connectivity index (χ3n) is 5.06. The van der Waals surface area contributed by atoms with Gasteiger partial charge < -0.3 is 19.2 Å². The molecule has 1 aliphatic heterocycles. The minimum Gasteiger partial charge on any atom is -0.486 e. The summed E-state index contributed by atoms with van der Waals surface area (Å²) in [7, 11) is 0. The second-order valence-corrected chi connectivity index (χ2v) is 6.85. The molecule has 2 aliphatic rings. The summed E-state index contributed by atoms with van der Waals surface area (Å²) in [6.45, 7) is 1.13. The zero-order valence-electron chi connectivity index (χ0n) is 15.0. The predicted molar refractivity (Wildman–Crippen MR) is 101 cm³/mol. The van der Waals surface area contributed by atoms with Gasteiger partial charge in [-0.2, -0.15) is 9.50 Å². The molecular formula is C20H17N5O3. The van der Waals surface area contributed by atoms with E-state index in [1.807, 2.05) is 30.3 Å². The van der Waals surface area contributed by atoms with E-state index in [-0.39, 0.29) is 0 Å². The van der Waals surface area contributed by atoms with E-state index in [0.717, 1.165) is 48.0 Å². The van der Waals surface area contributed by atoms with Crippen LogP contribution < -0.4 is 14.8 Å². The second kappa shape index (κ2) is 5.98. The summed E-state index contributed by atoms with van der Waals surface area (Å²) in [5.74, 6) is 4.10. The lowest BCUT2D eigenvalue weighted by molar-refractivity contribution is 0.171. The van der Waals surface area contributed by atoms with Crippen LogP contribution in [0.4, 0.5) is 11.5 Å². The summed E-state index contributed by atoms with van der Waals surface area (Å²) in [4.78, 5) is 9.29. The molecule has 1 aliphatic carbocycles. The van der Waals surface area contributed by atoms with E-state index in [1.54, 1.807) is 10.8 Å². The Morgan fingerprint density at radius 3 is 2.82 bits per heavy atom. The Labute approximate surface area is 160 Å². The normalized spacial score (nSPS) is 15.0. The Morgan fingerprint density at radius 2 is 1.93 bits per heavy atom. The first-order valence-electron chi connectivity index (χ1n) is 9.34. The average Bonchev–Trinajstić information content (AvgIpc) is 3.47. The molecule has 1 aromatic carbocycles. The van der Waals surface area contributed by atoms with Gasteiger partial charge in [0.05, 0.1) is 12.0 Å². The molecule has 0 amide bonds. The molecule has 8 nitrogen and oxygen atoms in total. The molecule has 0 saturated carbocycles. The van der Waals surface area contributed by atoms with Crippen molar-refractivity contribution >= 4 is 17.3 Å². The lowest BCUT2D eigenvalue weighted by Crippen LogP contribution is -2.15. The fourth-order valence-corrected chi connectivity index (χ4v) is 3.78. The van der Waals surface area contributed by atoms with E-state index in [2.05, 4.69) is 15.4 Å². The highest BCUT2D eigenvalue weighted by Gasteiger charge is 2.23. The van der Waals surface area contributed by atoms with Crippen LogP contribution in [0.3, 0.4) is 0 Å². The van der Waals surface area contributed by atoms with Crippen molar-refractivity contribution in [3.8, 4) is 23.1 Å². The summed E-state index contributed by atoms with van der Waals surface area (Å²) in [5.41, 5.74) is 3.16. The first kappa shape index (κ1) is 15.5. The maximum absolute atomic E-state index is 5.71. The highest BCUT2D eigenvalue weighted by atomic mass is 16.6. The second-order valence-electron chi connectivity index (χ2n) is 6.85. The van der Waals surface area contributed by atoms with Crippen molar-refractivity contribution < 1.29 is 13.9 Å². The van der Waals surface area contributed by atoms with Crippen molar-refractivity contribution in [2.24, 2.45) is 0 Å². The number of ether oxygens (including phenoxy) is 2. The molecule has 0 saturated heterocycles. The number of hydrogen-bond acceptors (Lipinski definition) is 7. The number of rotatable bonds is 3. The topological polar surface area (TPSA) is 86.7 Å². The van der Waals surface area contributed by atoms with Crippen LogP contribution in [0.15, 0.2) is 41.0 Å². The van der Waals surface area contributed by atoms with Crippen LogP contribution in [-0.4, -0.2) is 32.8 Å². The van der Waals surface area contributed by atoms with Crippen LogP contribution in [-0.2, 0) is 12.8 Å². The van der Waals surface area contributed by atoms with Gasteiger partial charge in [0, 0.05) is 17.3 Å². The zero-order valence-corrected chi connectivity index (χ0v) is 15.0. The molecule has 3 aromatic heterocycles. The molecule has 6 rings (SSSR count). The molecule has 0 radical (unpaired) electrons. The van der Waals surface area contributed by atoms with Crippen LogP contribution in [0.5, 0.6) is 11.5 Å². The third kappa shape index (κ3) is 2.41. The lowest BCUT2D eigenvalue weighted by Gasteiger charge is -2.19. The number of benzene rings is 1. The number of anilines is 2. The molecule has 4 heterocycles. The number of aryl methyl sites for hydroxylation is 1. The summed E-state index contributed by atoms with van der Waals surface area (Å²) >= 11 is 0. The Hall–Kier alpha value is -3.55. The Balaban J connectivity index is 1.48. The van der Waals surface area contributed by atoms with E-state index < -0.39 is 0 Å². The van der Waals surface area contributed by atoms with Gasteiger partial charge in [0.15, 0.2) is 17.3 Å². The molecule has 0 unspecified atom stereocenters. The van der Waals surface area contributed by atoms with Crippen LogP contribution in [0.25, 0.3) is 17.4 Å². The molecule has 0 atom stereocenters. The Kier molecular flexibility index (Phi) is 3.31. The number of nitrogens with zero attached hydrogens (tertiary/aromatic N) is 4. The average molecular weight is 375 g/mol. The minimum absolute atomic E-state index is 0.520. The Morgan fingerprint density at radius 1 is 1.00 bits per heavy atom. The number of hydrogen-bond donors (Lipinski definition) is 1.